The minimum atomic E-state index is -6.60. The van der Waals surface area contributed by atoms with Gasteiger partial charge in [0, 0.05) is 0 Å². The molecule has 0 bridgehead atoms. The van der Waals surface area contributed by atoms with Crippen molar-refractivity contribution >= 4 is 20.0 Å². The molecule has 0 amide bonds. The molecule has 0 spiro atoms. The number of hydrogen-bond donors (Lipinski definition) is 1. The van der Waals surface area contributed by atoms with Gasteiger partial charge in [-0.15, -0.1) is 0 Å². The first-order valence-electron chi connectivity index (χ1n) is 5.06. The first-order chi connectivity index (χ1) is 9.27. The van der Waals surface area contributed by atoms with Crippen molar-refractivity contribution in [2.24, 2.45) is 0 Å². The average Bonchev–Trinajstić information content (AvgIpc) is 2.10. The van der Waals surface area contributed by atoms with Crippen LogP contribution in [0.4, 0.5) is 26.3 Å². The number of quaternary nitrogens is 1. The molecule has 0 heterocycles. The zero-order valence-electron chi connectivity index (χ0n) is 11.5. The van der Waals surface area contributed by atoms with Crippen LogP contribution in [0.2, 0.25) is 0 Å². The number of alkyl halides is 6. The number of sulfonamides is 2. The SMILES string of the molecule is C[N+](C)(C)CC[O-].O=S(=O)(NS(=O)(=O)C(F)(F)F)C(F)(F)F. The highest BCUT2D eigenvalue weighted by Gasteiger charge is 2.55. The summed E-state index contributed by atoms with van der Waals surface area (Å²) in [7, 11) is -7.16. The first kappa shape index (κ1) is 23.6. The molecule has 136 valence electrons. The lowest BCUT2D eigenvalue weighted by atomic mass is 10.5. The van der Waals surface area contributed by atoms with Crippen molar-refractivity contribution in [2.45, 2.75) is 11.0 Å². The van der Waals surface area contributed by atoms with Gasteiger partial charge >= 0.3 is 31.1 Å². The number of rotatable bonds is 4. The molecule has 0 aromatic rings. The Morgan fingerprint density at radius 1 is 0.864 bits per heavy atom. The fraction of sp³-hybridized carbons (Fsp3) is 1.00. The van der Waals surface area contributed by atoms with E-state index in [-0.39, 0.29) is 6.61 Å². The van der Waals surface area contributed by atoms with Gasteiger partial charge in [0.1, 0.15) is 0 Å². The largest absolute Gasteiger partial charge is 0.850 e. The fourth-order valence-corrected chi connectivity index (χ4v) is 2.42. The van der Waals surface area contributed by atoms with Crippen LogP contribution >= 0.6 is 0 Å². The maximum absolute atomic E-state index is 11.5. The third-order valence-corrected chi connectivity index (χ3v) is 4.57. The van der Waals surface area contributed by atoms with Crippen LogP contribution in [-0.4, -0.2) is 66.6 Å². The van der Waals surface area contributed by atoms with E-state index < -0.39 is 35.2 Å². The molecule has 0 unspecified atom stereocenters. The third-order valence-electron chi connectivity index (χ3n) is 1.59. The number of hydrogen-bond acceptors (Lipinski definition) is 5. The molecule has 0 atom stereocenters. The van der Waals surface area contributed by atoms with Crippen LogP contribution in [0.25, 0.3) is 0 Å². The van der Waals surface area contributed by atoms with E-state index in [1.807, 2.05) is 21.1 Å². The van der Waals surface area contributed by atoms with Crippen molar-refractivity contribution in [2.75, 3.05) is 34.3 Å². The highest BCUT2D eigenvalue weighted by Crippen LogP contribution is 2.27. The van der Waals surface area contributed by atoms with Gasteiger partial charge in [-0.2, -0.15) is 26.3 Å². The Hall–Kier alpha value is -0.640. The normalized spacial score (nSPS) is 14.3. The Bertz CT molecular complexity index is 503. The number of likely N-dealkylation sites (N-methyl/N-ethyl adjacent to an activating group) is 1. The van der Waals surface area contributed by atoms with Gasteiger partial charge in [-0.3, -0.25) is 0 Å². The molecular formula is C7H14F6N2O5S2. The van der Waals surface area contributed by atoms with Crippen LogP contribution < -0.4 is 9.23 Å². The zero-order chi connectivity index (χ0) is 18.6. The van der Waals surface area contributed by atoms with E-state index in [4.69, 9.17) is 0 Å². The molecule has 22 heavy (non-hydrogen) atoms. The molecule has 0 aliphatic heterocycles. The van der Waals surface area contributed by atoms with Gasteiger partial charge < -0.3 is 9.59 Å². The zero-order valence-corrected chi connectivity index (χ0v) is 13.1. The predicted octanol–water partition coefficient (Wildman–Crippen LogP) is -0.672. The van der Waals surface area contributed by atoms with Crippen molar-refractivity contribution in [3.05, 3.63) is 0 Å². The Morgan fingerprint density at radius 3 is 1.23 bits per heavy atom. The highest BCUT2D eigenvalue weighted by molar-refractivity contribution is 8.05. The Kier molecular flexibility index (Phi) is 7.83. The lowest BCUT2D eigenvalue weighted by molar-refractivity contribution is -0.875. The van der Waals surface area contributed by atoms with E-state index in [0.29, 0.717) is 0 Å². The second kappa shape index (κ2) is 7.29. The molecule has 0 aliphatic rings. The fourth-order valence-electron chi connectivity index (χ4n) is 0.513. The summed E-state index contributed by atoms with van der Waals surface area (Å²) in [5.41, 5.74) is -12.3. The quantitative estimate of drug-likeness (QED) is 0.511. The molecule has 1 N–H and O–H groups in total. The molecule has 0 saturated carbocycles. The summed E-state index contributed by atoms with van der Waals surface area (Å²) in [5.74, 6) is 0. The van der Waals surface area contributed by atoms with Gasteiger partial charge in [-0.05, 0) is 0 Å². The number of nitrogens with one attached hydrogen (secondary N) is 1. The standard InChI is InChI=1S/C5H13NO.C2HF6NO4S2/c1-6(2,3)4-5-7;3-1(4,5)14(10,11)9-15(12,13)2(6,7)8/h4-5H2,1-3H3;9H. The topological polar surface area (TPSA) is 103 Å². The summed E-state index contributed by atoms with van der Waals surface area (Å²) in [6, 6.07) is 0. The van der Waals surface area contributed by atoms with Crippen molar-refractivity contribution in [1.82, 2.24) is 4.13 Å². The minimum Gasteiger partial charge on any atom is -0.850 e. The van der Waals surface area contributed by atoms with Gasteiger partial charge in [0.25, 0.3) is 0 Å². The van der Waals surface area contributed by atoms with Gasteiger partial charge in [0.05, 0.1) is 27.7 Å². The van der Waals surface area contributed by atoms with E-state index in [1.54, 1.807) is 0 Å². The van der Waals surface area contributed by atoms with Gasteiger partial charge in [-0.25, -0.2) is 16.8 Å². The van der Waals surface area contributed by atoms with Crippen LogP contribution in [0.3, 0.4) is 0 Å². The van der Waals surface area contributed by atoms with Crippen molar-refractivity contribution < 1.29 is 52.8 Å². The lowest BCUT2D eigenvalue weighted by Crippen LogP contribution is -2.45. The Balaban J connectivity index is 0. The second-order valence-electron chi connectivity index (χ2n) is 4.70. The van der Waals surface area contributed by atoms with E-state index in [9.17, 15) is 48.3 Å². The smallest absolute Gasteiger partial charge is 0.512 e. The van der Waals surface area contributed by atoms with Crippen LogP contribution in [0.5, 0.6) is 0 Å². The van der Waals surface area contributed by atoms with Crippen LogP contribution in [-0.2, 0) is 20.0 Å². The molecule has 0 aromatic heterocycles. The molecule has 0 rings (SSSR count). The van der Waals surface area contributed by atoms with Crippen molar-refractivity contribution in [3.8, 4) is 0 Å². The molecule has 0 fully saturated rings. The lowest BCUT2D eigenvalue weighted by Gasteiger charge is -2.25. The van der Waals surface area contributed by atoms with Crippen LogP contribution in [0.1, 0.15) is 0 Å². The summed E-state index contributed by atoms with van der Waals surface area (Å²) >= 11 is 0. The molecule has 0 aromatic carbocycles. The van der Waals surface area contributed by atoms with E-state index in [0.717, 1.165) is 11.0 Å². The van der Waals surface area contributed by atoms with Crippen LogP contribution in [0, 0.1) is 0 Å². The number of halogens is 6. The van der Waals surface area contributed by atoms with Gasteiger partial charge in [0.15, 0.2) is 0 Å². The Morgan fingerprint density at radius 2 is 1.14 bits per heavy atom. The maximum Gasteiger partial charge on any atom is 0.512 e. The number of nitrogens with zero attached hydrogens (tertiary/aromatic N) is 1. The van der Waals surface area contributed by atoms with Gasteiger partial charge in [0.2, 0.25) is 0 Å². The van der Waals surface area contributed by atoms with E-state index in [2.05, 4.69) is 0 Å². The molecule has 0 saturated heterocycles. The summed E-state index contributed by atoms with van der Waals surface area (Å²) < 4.78 is 109. The highest BCUT2D eigenvalue weighted by atomic mass is 32.3. The average molecular weight is 384 g/mol. The second-order valence-corrected chi connectivity index (χ2v) is 8.31. The van der Waals surface area contributed by atoms with Crippen LogP contribution in [0.15, 0.2) is 0 Å². The Labute approximate surface area is 123 Å². The molecule has 15 heteroatoms. The molecule has 7 nitrogen and oxygen atoms in total. The third kappa shape index (κ3) is 8.72. The minimum absolute atomic E-state index is 0.0312. The summed E-state index contributed by atoms with van der Waals surface area (Å²) in [6.07, 6.45) is 0. The van der Waals surface area contributed by atoms with Gasteiger partial charge in [-0.1, -0.05) is 10.7 Å². The van der Waals surface area contributed by atoms with Crippen molar-refractivity contribution in [1.29, 1.82) is 0 Å². The van der Waals surface area contributed by atoms with E-state index in [1.165, 1.54) is 0 Å². The van der Waals surface area contributed by atoms with E-state index >= 15 is 0 Å². The maximum atomic E-state index is 11.5. The summed E-state index contributed by atoms with van der Waals surface area (Å²) in [6.45, 7) is 0.753. The predicted molar refractivity (Wildman–Crippen MR) is 60.9 cm³/mol. The first-order valence-corrected chi connectivity index (χ1v) is 8.03. The molecule has 0 aliphatic carbocycles. The molecule has 0 radical (unpaired) electrons. The summed E-state index contributed by atoms with van der Waals surface area (Å²) in [5, 5.41) is 9.93. The van der Waals surface area contributed by atoms with Crippen molar-refractivity contribution in [3.63, 3.8) is 0 Å². The summed E-state index contributed by atoms with van der Waals surface area (Å²) in [4.78, 5) is 0. The molecular weight excluding hydrogens is 370 g/mol. The monoisotopic (exact) mass is 384 g/mol.